The first kappa shape index (κ1) is 20.9. The largest absolute Gasteiger partial charge is 0.508 e. The maximum atomic E-state index is 12.9. The van der Waals surface area contributed by atoms with Crippen LogP contribution in [0.2, 0.25) is 5.02 Å². The zero-order chi connectivity index (χ0) is 21.1. The number of aliphatic hydroxyl groups is 1. The fourth-order valence-electron chi connectivity index (χ4n) is 3.47. The molecule has 0 bridgehead atoms. The number of halogens is 1. The van der Waals surface area contributed by atoms with Crippen LogP contribution in [0, 0.1) is 0 Å². The molecule has 2 aromatic carbocycles. The first-order chi connectivity index (χ1) is 13.8. The Morgan fingerprint density at radius 2 is 1.83 bits per heavy atom. The molecule has 2 aromatic rings. The SMILES string of the molecule is CN(C)CCCN1C(=O)C(=O)/C(=C(\O)c2ccc(Cl)cc2)C1c1cccc(O)c1. The maximum Gasteiger partial charge on any atom is 0.295 e. The van der Waals surface area contributed by atoms with Crippen molar-refractivity contribution in [2.24, 2.45) is 0 Å². The first-order valence-corrected chi connectivity index (χ1v) is 9.65. The molecule has 1 aliphatic rings. The number of aromatic hydroxyl groups is 1. The summed E-state index contributed by atoms with van der Waals surface area (Å²) in [5.74, 6) is -1.64. The van der Waals surface area contributed by atoms with Gasteiger partial charge < -0.3 is 20.0 Å². The Labute approximate surface area is 174 Å². The molecule has 152 valence electrons. The second-order valence-corrected chi connectivity index (χ2v) is 7.69. The van der Waals surface area contributed by atoms with E-state index >= 15 is 0 Å². The fraction of sp³-hybridized carbons (Fsp3) is 0.273. The van der Waals surface area contributed by atoms with Crippen molar-refractivity contribution in [3.05, 3.63) is 70.3 Å². The number of aliphatic hydroxyl groups excluding tert-OH is 1. The number of rotatable bonds is 6. The number of carbonyl (C=O) groups excluding carboxylic acids is 2. The molecule has 1 aliphatic heterocycles. The smallest absolute Gasteiger partial charge is 0.295 e. The summed E-state index contributed by atoms with van der Waals surface area (Å²) in [6, 6.07) is 12.0. The van der Waals surface area contributed by atoms with Gasteiger partial charge in [-0.05, 0) is 69.0 Å². The predicted molar refractivity (Wildman–Crippen MR) is 112 cm³/mol. The lowest BCUT2D eigenvalue weighted by atomic mass is 9.95. The molecule has 1 saturated heterocycles. The Bertz CT molecular complexity index is 954. The Morgan fingerprint density at radius 3 is 2.45 bits per heavy atom. The molecule has 2 N–H and O–H groups in total. The van der Waals surface area contributed by atoms with Crippen LogP contribution in [-0.4, -0.2) is 58.9 Å². The minimum Gasteiger partial charge on any atom is -0.508 e. The molecule has 6 nitrogen and oxygen atoms in total. The van der Waals surface area contributed by atoms with Gasteiger partial charge in [-0.2, -0.15) is 0 Å². The zero-order valence-corrected chi connectivity index (χ0v) is 17.1. The molecule has 0 aliphatic carbocycles. The number of phenolic OH excluding ortho intramolecular Hbond substituents is 1. The number of phenols is 1. The third-order valence-corrected chi connectivity index (χ3v) is 5.10. The summed E-state index contributed by atoms with van der Waals surface area (Å²) >= 11 is 5.92. The quantitative estimate of drug-likeness (QED) is 0.430. The van der Waals surface area contributed by atoms with Gasteiger partial charge in [0.2, 0.25) is 0 Å². The van der Waals surface area contributed by atoms with E-state index in [1.54, 1.807) is 36.4 Å². The minimum absolute atomic E-state index is 0.00720. The molecule has 0 saturated carbocycles. The summed E-state index contributed by atoms with van der Waals surface area (Å²) in [5.41, 5.74) is 0.961. The average molecular weight is 415 g/mol. The van der Waals surface area contributed by atoms with Crippen LogP contribution in [0.25, 0.3) is 5.76 Å². The molecule has 29 heavy (non-hydrogen) atoms. The monoisotopic (exact) mass is 414 g/mol. The van der Waals surface area contributed by atoms with E-state index in [1.807, 2.05) is 19.0 Å². The van der Waals surface area contributed by atoms with Gasteiger partial charge in [0.1, 0.15) is 11.5 Å². The highest BCUT2D eigenvalue weighted by molar-refractivity contribution is 6.46. The van der Waals surface area contributed by atoms with Crippen molar-refractivity contribution in [2.45, 2.75) is 12.5 Å². The lowest BCUT2D eigenvalue weighted by Crippen LogP contribution is -2.32. The van der Waals surface area contributed by atoms with Gasteiger partial charge in [0.25, 0.3) is 11.7 Å². The number of amides is 1. The van der Waals surface area contributed by atoms with Crippen molar-refractivity contribution in [2.75, 3.05) is 27.2 Å². The summed E-state index contributed by atoms with van der Waals surface area (Å²) < 4.78 is 0. The van der Waals surface area contributed by atoms with Gasteiger partial charge in [-0.15, -0.1) is 0 Å². The lowest BCUT2D eigenvalue weighted by molar-refractivity contribution is -0.139. The highest BCUT2D eigenvalue weighted by Crippen LogP contribution is 2.40. The van der Waals surface area contributed by atoms with E-state index in [0.717, 1.165) is 6.54 Å². The van der Waals surface area contributed by atoms with Crippen LogP contribution in [0.5, 0.6) is 5.75 Å². The van der Waals surface area contributed by atoms with Crippen LogP contribution in [0.3, 0.4) is 0 Å². The second-order valence-electron chi connectivity index (χ2n) is 7.25. The van der Waals surface area contributed by atoms with E-state index in [9.17, 15) is 19.8 Å². The number of hydrogen-bond donors (Lipinski definition) is 2. The molecule has 0 radical (unpaired) electrons. The number of Topliss-reactive ketones (excluding diaryl/α,β-unsaturated/α-hetero) is 1. The summed E-state index contributed by atoms with van der Waals surface area (Å²) in [4.78, 5) is 29.1. The lowest BCUT2D eigenvalue weighted by Gasteiger charge is -2.26. The third-order valence-electron chi connectivity index (χ3n) is 4.85. The zero-order valence-electron chi connectivity index (χ0n) is 16.3. The number of likely N-dealkylation sites (tertiary alicyclic amines) is 1. The summed E-state index contributed by atoms with van der Waals surface area (Å²) in [7, 11) is 3.86. The van der Waals surface area contributed by atoms with Gasteiger partial charge in [-0.3, -0.25) is 9.59 Å². The maximum absolute atomic E-state index is 12.9. The van der Waals surface area contributed by atoms with Crippen LogP contribution in [-0.2, 0) is 9.59 Å². The van der Waals surface area contributed by atoms with Crippen LogP contribution < -0.4 is 0 Å². The standard InChI is InChI=1S/C22H23ClN2O4/c1-24(2)11-4-12-25-19(15-5-3-6-17(26)13-15)18(21(28)22(25)29)20(27)14-7-9-16(23)10-8-14/h3,5-10,13,19,26-27H,4,11-12H2,1-2H3/b20-18-. The molecule has 1 amide bonds. The topological polar surface area (TPSA) is 81.1 Å². The van der Waals surface area contributed by atoms with Crippen molar-refractivity contribution in [3.8, 4) is 5.75 Å². The molecule has 1 unspecified atom stereocenters. The number of nitrogens with zero attached hydrogens (tertiary/aromatic N) is 2. The van der Waals surface area contributed by atoms with Gasteiger partial charge >= 0.3 is 0 Å². The van der Waals surface area contributed by atoms with Gasteiger partial charge in [0, 0.05) is 17.1 Å². The van der Waals surface area contributed by atoms with Crippen LogP contribution in [0.15, 0.2) is 54.1 Å². The Balaban J connectivity index is 2.09. The molecule has 1 atom stereocenters. The Morgan fingerprint density at radius 1 is 1.14 bits per heavy atom. The molecular formula is C22H23ClN2O4. The van der Waals surface area contributed by atoms with Gasteiger partial charge in [-0.25, -0.2) is 0 Å². The van der Waals surface area contributed by atoms with Crippen LogP contribution in [0.1, 0.15) is 23.6 Å². The van der Waals surface area contributed by atoms with E-state index in [1.165, 1.54) is 17.0 Å². The second kappa shape index (κ2) is 8.68. The molecule has 7 heteroatoms. The number of hydrogen-bond acceptors (Lipinski definition) is 5. The van der Waals surface area contributed by atoms with E-state index < -0.39 is 17.7 Å². The van der Waals surface area contributed by atoms with Crippen molar-refractivity contribution in [3.63, 3.8) is 0 Å². The predicted octanol–water partition coefficient (Wildman–Crippen LogP) is 3.42. The van der Waals surface area contributed by atoms with E-state index in [0.29, 0.717) is 29.1 Å². The first-order valence-electron chi connectivity index (χ1n) is 9.27. The van der Waals surface area contributed by atoms with Crippen molar-refractivity contribution >= 4 is 29.1 Å². The van der Waals surface area contributed by atoms with Gasteiger partial charge in [-0.1, -0.05) is 23.7 Å². The Kier molecular flexibility index (Phi) is 6.25. The molecule has 3 rings (SSSR count). The van der Waals surface area contributed by atoms with E-state index in [2.05, 4.69) is 0 Å². The van der Waals surface area contributed by atoms with Crippen molar-refractivity contribution < 1.29 is 19.8 Å². The number of carbonyl (C=O) groups is 2. The summed E-state index contributed by atoms with van der Waals surface area (Å²) in [5, 5.41) is 21.3. The van der Waals surface area contributed by atoms with Gasteiger partial charge in [0.05, 0.1) is 11.6 Å². The van der Waals surface area contributed by atoms with Crippen molar-refractivity contribution in [1.82, 2.24) is 9.80 Å². The van der Waals surface area contributed by atoms with Crippen LogP contribution >= 0.6 is 11.6 Å². The van der Waals surface area contributed by atoms with E-state index in [-0.39, 0.29) is 17.1 Å². The van der Waals surface area contributed by atoms with Crippen LogP contribution in [0.4, 0.5) is 0 Å². The highest BCUT2D eigenvalue weighted by atomic mass is 35.5. The molecule has 0 spiro atoms. The third kappa shape index (κ3) is 4.44. The molecule has 1 fully saturated rings. The minimum atomic E-state index is -0.778. The molecule has 1 heterocycles. The summed E-state index contributed by atoms with van der Waals surface area (Å²) in [6.07, 6.45) is 0.663. The number of ketones is 1. The average Bonchev–Trinajstić information content (AvgIpc) is 2.93. The van der Waals surface area contributed by atoms with Crippen molar-refractivity contribution in [1.29, 1.82) is 0 Å². The fourth-order valence-corrected chi connectivity index (χ4v) is 3.60. The molecule has 0 aromatic heterocycles. The summed E-state index contributed by atoms with van der Waals surface area (Å²) in [6.45, 7) is 1.09. The number of benzene rings is 2. The van der Waals surface area contributed by atoms with Gasteiger partial charge in [0.15, 0.2) is 0 Å². The highest BCUT2D eigenvalue weighted by Gasteiger charge is 2.45. The Hall–Kier alpha value is -2.83. The van der Waals surface area contributed by atoms with E-state index in [4.69, 9.17) is 11.6 Å². The molecular weight excluding hydrogens is 392 g/mol. The normalized spacial score (nSPS) is 18.6.